The van der Waals surface area contributed by atoms with E-state index in [2.05, 4.69) is 53.8 Å². The van der Waals surface area contributed by atoms with E-state index < -0.39 is 0 Å². The molecule has 0 bridgehead atoms. The van der Waals surface area contributed by atoms with Crippen molar-refractivity contribution in [2.75, 3.05) is 6.54 Å². The van der Waals surface area contributed by atoms with Gasteiger partial charge in [-0.2, -0.15) is 0 Å². The first-order chi connectivity index (χ1) is 9.12. The van der Waals surface area contributed by atoms with Crippen molar-refractivity contribution in [3.63, 3.8) is 0 Å². The van der Waals surface area contributed by atoms with Crippen LogP contribution in [0.2, 0.25) is 0 Å². The van der Waals surface area contributed by atoms with Crippen LogP contribution in [-0.4, -0.2) is 23.8 Å². The van der Waals surface area contributed by atoms with Gasteiger partial charge in [0.2, 0.25) is 0 Å². The quantitative estimate of drug-likeness (QED) is 0.758. The molecule has 3 atom stereocenters. The van der Waals surface area contributed by atoms with Crippen LogP contribution in [0.1, 0.15) is 80.6 Å². The Morgan fingerprint density at radius 2 is 1.90 bits per heavy atom. The SMILES string of the molecule is CC(C)CC(C)OC1(CNC(C)(C)C)CCCC(C)C1. The van der Waals surface area contributed by atoms with Crippen molar-refractivity contribution in [3.8, 4) is 0 Å². The van der Waals surface area contributed by atoms with Gasteiger partial charge in [0.15, 0.2) is 0 Å². The minimum absolute atomic E-state index is 0.0548. The van der Waals surface area contributed by atoms with Crippen LogP contribution >= 0.6 is 0 Å². The summed E-state index contributed by atoms with van der Waals surface area (Å²) in [7, 11) is 0. The zero-order valence-electron chi connectivity index (χ0n) is 14.9. The summed E-state index contributed by atoms with van der Waals surface area (Å²) < 4.78 is 6.59. The van der Waals surface area contributed by atoms with Crippen molar-refractivity contribution in [3.05, 3.63) is 0 Å². The van der Waals surface area contributed by atoms with Gasteiger partial charge in [-0.15, -0.1) is 0 Å². The highest BCUT2D eigenvalue weighted by Gasteiger charge is 2.37. The van der Waals surface area contributed by atoms with Crippen LogP contribution in [-0.2, 0) is 4.74 Å². The van der Waals surface area contributed by atoms with Crippen molar-refractivity contribution in [2.45, 2.75) is 97.8 Å². The number of nitrogens with one attached hydrogen (secondary N) is 1. The first-order valence-corrected chi connectivity index (χ1v) is 8.55. The Hall–Kier alpha value is -0.0800. The van der Waals surface area contributed by atoms with Crippen LogP contribution in [0, 0.1) is 11.8 Å². The highest BCUT2D eigenvalue weighted by molar-refractivity contribution is 4.92. The standard InChI is InChI=1S/C18H37NO/c1-14(2)11-16(4)20-18(13-19-17(5,6)7)10-8-9-15(3)12-18/h14-16,19H,8-13H2,1-7H3. The Kier molecular flexibility index (Phi) is 6.53. The van der Waals surface area contributed by atoms with Gasteiger partial charge in [0.1, 0.15) is 0 Å². The molecule has 1 N–H and O–H groups in total. The van der Waals surface area contributed by atoms with Gasteiger partial charge in [-0.25, -0.2) is 0 Å². The average Bonchev–Trinajstić information content (AvgIpc) is 2.24. The smallest absolute Gasteiger partial charge is 0.0812 e. The molecule has 2 nitrogen and oxygen atoms in total. The summed E-state index contributed by atoms with van der Waals surface area (Å²) in [5.74, 6) is 1.50. The van der Waals surface area contributed by atoms with Gasteiger partial charge in [0, 0.05) is 12.1 Å². The van der Waals surface area contributed by atoms with E-state index in [9.17, 15) is 0 Å². The van der Waals surface area contributed by atoms with Crippen LogP contribution in [0.4, 0.5) is 0 Å². The van der Waals surface area contributed by atoms with E-state index in [4.69, 9.17) is 4.74 Å². The minimum Gasteiger partial charge on any atom is -0.371 e. The second kappa shape index (κ2) is 7.26. The maximum Gasteiger partial charge on any atom is 0.0812 e. The fourth-order valence-electron chi connectivity index (χ4n) is 3.49. The maximum absolute atomic E-state index is 6.59. The highest BCUT2D eigenvalue weighted by atomic mass is 16.5. The Bertz CT molecular complexity index is 282. The van der Waals surface area contributed by atoms with Crippen LogP contribution in [0.3, 0.4) is 0 Å². The zero-order valence-corrected chi connectivity index (χ0v) is 14.9. The van der Waals surface area contributed by atoms with Crippen LogP contribution in [0.25, 0.3) is 0 Å². The van der Waals surface area contributed by atoms with Crippen molar-refractivity contribution < 1.29 is 4.74 Å². The number of ether oxygens (including phenoxy) is 1. The molecule has 1 fully saturated rings. The topological polar surface area (TPSA) is 21.3 Å². The molecule has 1 rings (SSSR count). The van der Waals surface area contributed by atoms with E-state index in [1.807, 2.05) is 0 Å². The summed E-state index contributed by atoms with van der Waals surface area (Å²) in [6.45, 7) is 16.9. The predicted molar refractivity (Wildman–Crippen MR) is 88.1 cm³/mol. The fraction of sp³-hybridized carbons (Fsp3) is 1.00. The first kappa shape index (κ1) is 18.0. The average molecular weight is 284 g/mol. The molecule has 3 unspecified atom stereocenters. The van der Waals surface area contributed by atoms with E-state index in [-0.39, 0.29) is 11.1 Å². The van der Waals surface area contributed by atoms with Gasteiger partial charge >= 0.3 is 0 Å². The van der Waals surface area contributed by atoms with E-state index in [0.29, 0.717) is 12.0 Å². The van der Waals surface area contributed by atoms with Crippen LogP contribution in [0.15, 0.2) is 0 Å². The Morgan fingerprint density at radius 1 is 1.25 bits per heavy atom. The molecule has 0 aromatic carbocycles. The summed E-state index contributed by atoms with van der Waals surface area (Å²) in [5.41, 5.74) is 0.220. The van der Waals surface area contributed by atoms with E-state index in [0.717, 1.165) is 18.9 Å². The van der Waals surface area contributed by atoms with Crippen molar-refractivity contribution in [1.82, 2.24) is 5.32 Å². The van der Waals surface area contributed by atoms with Gasteiger partial charge in [-0.05, 0) is 58.8 Å². The van der Waals surface area contributed by atoms with Crippen molar-refractivity contribution in [2.24, 2.45) is 11.8 Å². The van der Waals surface area contributed by atoms with Gasteiger partial charge in [-0.1, -0.05) is 33.6 Å². The normalized spacial score (nSPS) is 29.7. The van der Waals surface area contributed by atoms with E-state index in [1.165, 1.54) is 25.7 Å². The van der Waals surface area contributed by atoms with Gasteiger partial charge in [0.05, 0.1) is 11.7 Å². The molecule has 2 heteroatoms. The Balaban J connectivity index is 2.68. The molecule has 0 aliphatic heterocycles. The molecule has 0 aromatic rings. The summed E-state index contributed by atoms with van der Waals surface area (Å²) in [4.78, 5) is 0. The molecule has 0 heterocycles. The lowest BCUT2D eigenvalue weighted by molar-refractivity contribution is -0.121. The largest absolute Gasteiger partial charge is 0.371 e. The molecule has 0 saturated heterocycles. The lowest BCUT2D eigenvalue weighted by Gasteiger charge is -2.43. The molecule has 0 amide bonds. The number of hydrogen-bond donors (Lipinski definition) is 1. The molecule has 120 valence electrons. The van der Waals surface area contributed by atoms with Crippen molar-refractivity contribution >= 4 is 0 Å². The van der Waals surface area contributed by atoms with Gasteiger partial charge < -0.3 is 10.1 Å². The van der Waals surface area contributed by atoms with Crippen LogP contribution < -0.4 is 5.32 Å². The second-order valence-electron chi connectivity index (χ2n) is 8.55. The third-order valence-electron chi connectivity index (χ3n) is 4.25. The molecular formula is C18H37NO. The maximum atomic E-state index is 6.59. The molecule has 0 radical (unpaired) electrons. The Labute approximate surface area is 127 Å². The predicted octanol–water partition coefficient (Wildman–Crippen LogP) is 4.77. The lowest BCUT2D eigenvalue weighted by Crippen LogP contribution is -2.52. The number of hydrogen-bond acceptors (Lipinski definition) is 2. The Morgan fingerprint density at radius 3 is 2.40 bits per heavy atom. The lowest BCUT2D eigenvalue weighted by atomic mass is 9.78. The third-order valence-corrected chi connectivity index (χ3v) is 4.25. The van der Waals surface area contributed by atoms with Gasteiger partial charge in [0.25, 0.3) is 0 Å². The molecule has 1 saturated carbocycles. The van der Waals surface area contributed by atoms with E-state index >= 15 is 0 Å². The molecule has 0 spiro atoms. The monoisotopic (exact) mass is 283 g/mol. The van der Waals surface area contributed by atoms with Gasteiger partial charge in [-0.3, -0.25) is 0 Å². The van der Waals surface area contributed by atoms with Crippen LogP contribution in [0.5, 0.6) is 0 Å². The third kappa shape index (κ3) is 6.58. The zero-order chi connectivity index (χ0) is 15.4. The minimum atomic E-state index is 0.0548. The molecule has 1 aliphatic rings. The molecular weight excluding hydrogens is 246 g/mol. The van der Waals surface area contributed by atoms with Crippen molar-refractivity contribution in [1.29, 1.82) is 0 Å². The van der Waals surface area contributed by atoms with E-state index in [1.54, 1.807) is 0 Å². The highest BCUT2D eigenvalue weighted by Crippen LogP contribution is 2.36. The molecule has 1 aliphatic carbocycles. The second-order valence-corrected chi connectivity index (χ2v) is 8.55. The summed E-state index contributed by atoms with van der Waals surface area (Å²) in [5, 5.41) is 3.69. The number of rotatable bonds is 6. The fourth-order valence-corrected chi connectivity index (χ4v) is 3.49. The molecule has 20 heavy (non-hydrogen) atoms. The summed E-state index contributed by atoms with van der Waals surface area (Å²) >= 11 is 0. The molecule has 0 aromatic heterocycles. The summed E-state index contributed by atoms with van der Waals surface area (Å²) in [6.07, 6.45) is 6.61. The summed E-state index contributed by atoms with van der Waals surface area (Å²) in [6, 6.07) is 0. The first-order valence-electron chi connectivity index (χ1n) is 8.55.